The molecule has 0 aliphatic carbocycles. The molecule has 0 aromatic heterocycles. The second-order valence-electron chi connectivity index (χ2n) is 6.47. The Morgan fingerprint density at radius 1 is 1.19 bits per heavy atom. The van der Waals surface area contributed by atoms with Gasteiger partial charge < -0.3 is 9.64 Å². The fraction of sp³-hybridized carbons (Fsp3) is 0.812. The lowest BCUT2D eigenvalue weighted by Crippen LogP contribution is -2.54. The van der Waals surface area contributed by atoms with E-state index in [-0.39, 0.29) is 6.04 Å². The molecule has 3 heterocycles. The van der Waals surface area contributed by atoms with Crippen molar-refractivity contribution < 1.29 is 9.53 Å². The Morgan fingerprint density at radius 2 is 2.00 bits per heavy atom. The fourth-order valence-electron chi connectivity index (χ4n) is 3.59. The molecule has 21 heavy (non-hydrogen) atoms. The zero-order chi connectivity index (χ0) is 14.7. The molecule has 2 saturated heterocycles. The molecule has 1 amide bonds. The molecule has 0 bridgehead atoms. The molecule has 0 unspecified atom stereocenters. The normalized spacial score (nSPS) is 31.4. The highest BCUT2D eigenvalue weighted by Crippen LogP contribution is 2.18. The number of rotatable bonds is 3. The molecule has 3 aliphatic heterocycles. The highest BCUT2D eigenvalue weighted by Gasteiger charge is 2.33. The van der Waals surface area contributed by atoms with Crippen LogP contribution < -0.4 is 0 Å². The van der Waals surface area contributed by atoms with Crippen molar-refractivity contribution in [3.63, 3.8) is 0 Å². The number of carbonyl (C=O) groups is 1. The molecule has 0 radical (unpaired) electrons. The summed E-state index contributed by atoms with van der Waals surface area (Å²) in [5, 5.41) is 0. The Hall–Kier alpha value is -1.07. The highest BCUT2D eigenvalue weighted by atomic mass is 16.5. The fourth-order valence-corrected chi connectivity index (χ4v) is 3.59. The van der Waals surface area contributed by atoms with Gasteiger partial charge in [0.25, 0.3) is 0 Å². The van der Waals surface area contributed by atoms with Crippen molar-refractivity contribution in [3.8, 4) is 0 Å². The van der Waals surface area contributed by atoms with Gasteiger partial charge in [0.2, 0.25) is 5.91 Å². The number of carbonyl (C=O) groups excluding carboxylic acids is 1. The molecule has 118 valence electrons. The lowest BCUT2D eigenvalue weighted by atomic mass is 10.1. The summed E-state index contributed by atoms with van der Waals surface area (Å²) < 4.78 is 5.64. The Bertz CT molecular complexity index is 391. The van der Waals surface area contributed by atoms with Gasteiger partial charge in [0, 0.05) is 32.7 Å². The minimum absolute atomic E-state index is 0.128. The van der Waals surface area contributed by atoms with Crippen LogP contribution in [0.25, 0.3) is 0 Å². The topological polar surface area (TPSA) is 36.0 Å². The molecule has 5 nitrogen and oxygen atoms in total. The van der Waals surface area contributed by atoms with Crippen molar-refractivity contribution in [3.05, 3.63) is 12.3 Å². The summed E-state index contributed by atoms with van der Waals surface area (Å²) >= 11 is 0. The zero-order valence-electron chi connectivity index (χ0n) is 13.0. The van der Waals surface area contributed by atoms with E-state index in [2.05, 4.69) is 27.8 Å². The highest BCUT2D eigenvalue weighted by molar-refractivity contribution is 5.82. The lowest BCUT2D eigenvalue weighted by molar-refractivity contribution is -0.137. The molecule has 0 aromatic carbocycles. The smallest absolute Gasteiger partial charge is 0.240 e. The number of hydrogen-bond donors (Lipinski definition) is 0. The van der Waals surface area contributed by atoms with Crippen molar-refractivity contribution in [2.45, 2.75) is 37.8 Å². The minimum Gasteiger partial charge on any atom is -0.497 e. The number of likely N-dealkylation sites (tertiary alicyclic amines) is 1. The van der Waals surface area contributed by atoms with Gasteiger partial charge in [-0.1, -0.05) is 0 Å². The van der Waals surface area contributed by atoms with Gasteiger partial charge in [0.05, 0.1) is 12.3 Å². The molecule has 2 fully saturated rings. The van der Waals surface area contributed by atoms with Crippen LogP contribution in [0.5, 0.6) is 0 Å². The standard InChI is InChI=1S/C16H27N3O2/c1-17-7-4-6-15(17)16(20)19-10-8-18(9-11-19)13-14-5-2-3-12-21-14/h3,12,14-15H,2,4-11,13H2,1H3/t14-,15+/m0/s1. The maximum absolute atomic E-state index is 12.5. The number of likely N-dealkylation sites (N-methyl/N-ethyl adjacent to an activating group) is 1. The Kier molecular flexibility index (Phi) is 4.80. The molecular weight excluding hydrogens is 266 g/mol. The van der Waals surface area contributed by atoms with Crippen LogP contribution in [0.4, 0.5) is 0 Å². The molecule has 3 rings (SSSR count). The van der Waals surface area contributed by atoms with Crippen LogP contribution in [0.3, 0.4) is 0 Å². The SMILES string of the molecule is CN1CCC[C@@H]1C(=O)N1CCN(C[C@@H]2CCC=CO2)CC1. The summed E-state index contributed by atoms with van der Waals surface area (Å²) in [6.45, 7) is 5.74. The zero-order valence-corrected chi connectivity index (χ0v) is 13.0. The first-order valence-corrected chi connectivity index (χ1v) is 8.26. The quantitative estimate of drug-likeness (QED) is 0.775. The van der Waals surface area contributed by atoms with Crippen LogP contribution in [0, 0.1) is 0 Å². The minimum atomic E-state index is 0.128. The van der Waals surface area contributed by atoms with E-state index in [0.717, 1.165) is 65.0 Å². The molecule has 0 N–H and O–H groups in total. The average molecular weight is 293 g/mol. The first kappa shape index (κ1) is 14.9. The van der Waals surface area contributed by atoms with Gasteiger partial charge in [-0.3, -0.25) is 14.6 Å². The molecule has 5 heteroatoms. The molecule has 2 atom stereocenters. The van der Waals surface area contributed by atoms with Crippen LogP contribution in [0.1, 0.15) is 25.7 Å². The van der Waals surface area contributed by atoms with E-state index in [1.165, 1.54) is 0 Å². The van der Waals surface area contributed by atoms with Crippen LogP contribution >= 0.6 is 0 Å². The van der Waals surface area contributed by atoms with Crippen LogP contribution in [-0.4, -0.2) is 79.1 Å². The van der Waals surface area contributed by atoms with Crippen molar-refractivity contribution in [1.82, 2.24) is 14.7 Å². The van der Waals surface area contributed by atoms with Crippen LogP contribution in [0.15, 0.2) is 12.3 Å². The monoisotopic (exact) mass is 293 g/mol. The van der Waals surface area contributed by atoms with E-state index in [1.54, 1.807) is 0 Å². The van der Waals surface area contributed by atoms with E-state index in [9.17, 15) is 4.79 Å². The first-order valence-electron chi connectivity index (χ1n) is 8.26. The summed E-state index contributed by atoms with van der Waals surface area (Å²) in [5.41, 5.74) is 0. The van der Waals surface area contributed by atoms with Gasteiger partial charge in [-0.25, -0.2) is 0 Å². The molecular formula is C16H27N3O2. The van der Waals surface area contributed by atoms with Crippen LogP contribution in [-0.2, 0) is 9.53 Å². The third-order valence-corrected chi connectivity index (χ3v) is 4.97. The Balaban J connectivity index is 1.44. The van der Waals surface area contributed by atoms with Gasteiger partial charge in [-0.15, -0.1) is 0 Å². The summed E-state index contributed by atoms with van der Waals surface area (Å²) in [7, 11) is 2.07. The lowest BCUT2D eigenvalue weighted by Gasteiger charge is -2.38. The number of amides is 1. The number of piperazine rings is 1. The third-order valence-electron chi connectivity index (χ3n) is 4.97. The maximum atomic E-state index is 12.5. The van der Waals surface area contributed by atoms with E-state index in [1.807, 2.05) is 6.26 Å². The van der Waals surface area contributed by atoms with Gasteiger partial charge >= 0.3 is 0 Å². The van der Waals surface area contributed by atoms with E-state index >= 15 is 0 Å². The second-order valence-corrected chi connectivity index (χ2v) is 6.47. The summed E-state index contributed by atoms with van der Waals surface area (Å²) in [4.78, 5) is 19.2. The largest absolute Gasteiger partial charge is 0.497 e. The van der Waals surface area contributed by atoms with E-state index in [0.29, 0.717) is 12.0 Å². The number of allylic oxidation sites excluding steroid dienone is 1. The molecule has 3 aliphatic rings. The van der Waals surface area contributed by atoms with Crippen molar-refractivity contribution in [2.75, 3.05) is 46.3 Å². The van der Waals surface area contributed by atoms with Crippen molar-refractivity contribution in [2.24, 2.45) is 0 Å². The molecule has 0 spiro atoms. The van der Waals surface area contributed by atoms with Gasteiger partial charge in [0.15, 0.2) is 0 Å². The number of nitrogens with zero attached hydrogens (tertiary/aromatic N) is 3. The number of ether oxygens (including phenoxy) is 1. The first-order chi connectivity index (χ1) is 10.2. The maximum Gasteiger partial charge on any atom is 0.240 e. The molecule has 0 saturated carbocycles. The van der Waals surface area contributed by atoms with E-state index < -0.39 is 0 Å². The summed E-state index contributed by atoms with van der Waals surface area (Å²) in [5.74, 6) is 0.339. The Morgan fingerprint density at radius 3 is 2.62 bits per heavy atom. The van der Waals surface area contributed by atoms with Crippen molar-refractivity contribution >= 4 is 5.91 Å². The predicted molar refractivity (Wildman–Crippen MR) is 81.9 cm³/mol. The summed E-state index contributed by atoms with van der Waals surface area (Å²) in [6.07, 6.45) is 8.67. The Labute approximate surface area is 127 Å². The second kappa shape index (κ2) is 6.79. The van der Waals surface area contributed by atoms with E-state index in [4.69, 9.17) is 4.74 Å². The predicted octanol–water partition coefficient (Wildman–Crippen LogP) is 0.918. The van der Waals surface area contributed by atoms with Gasteiger partial charge in [-0.2, -0.15) is 0 Å². The van der Waals surface area contributed by atoms with Gasteiger partial charge in [0.1, 0.15) is 6.10 Å². The van der Waals surface area contributed by atoms with Crippen LogP contribution in [0.2, 0.25) is 0 Å². The third kappa shape index (κ3) is 3.58. The molecule has 0 aromatic rings. The number of hydrogen-bond acceptors (Lipinski definition) is 4. The summed E-state index contributed by atoms with van der Waals surface area (Å²) in [6, 6.07) is 0.128. The average Bonchev–Trinajstić information content (AvgIpc) is 2.94. The van der Waals surface area contributed by atoms with Crippen molar-refractivity contribution in [1.29, 1.82) is 0 Å². The van der Waals surface area contributed by atoms with Gasteiger partial charge in [-0.05, 0) is 45.4 Å².